The molecule has 0 saturated carbocycles. The maximum absolute atomic E-state index is 13.6. The van der Waals surface area contributed by atoms with Gasteiger partial charge in [0.25, 0.3) is 0 Å². The Labute approximate surface area is 96.5 Å². The van der Waals surface area contributed by atoms with Gasteiger partial charge in [-0.05, 0) is 25.0 Å². The summed E-state index contributed by atoms with van der Waals surface area (Å²) in [7, 11) is 0. The van der Waals surface area contributed by atoms with E-state index in [1.165, 1.54) is 6.07 Å². The summed E-state index contributed by atoms with van der Waals surface area (Å²) in [5.74, 6) is -0.113. The molecule has 2 nitrogen and oxygen atoms in total. The van der Waals surface area contributed by atoms with E-state index in [2.05, 4.69) is 17.1 Å². The molecule has 1 N–H and O–H groups in total. The van der Waals surface area contributed by atoms with E-state index in [1.807, 2.05) is 12.1 Å². The number of nitrogens with zero attached hydrogens (tertiary/aromatic N) is 1. The van der Waals surface area contributed by atoms with Crippen molar-refractivity contribution in [3.63, 3.8) is 0 Å². The molecule has 1 aromatic rings. The second kappa shape index (κ2) is 5.30. The largest absolute Gasteiger partial charge is 0.368 e. The summed E-state index contributed by atoms with van der Waals surface area (Å²) in [6, 6.07) is 7.61. The number of para-hydroxylation sites is 1. The zero-order valence-electron chi connectivity index (χ0n) is 9.75. The van der Waals surface area contributed by atoms with Gasteiger partial charge in [-0.25, -0.2) is 4.39 Å². The van der Waals surface area contributed by atoms with Crippen molar-refractivity contribution in [1.29, 1.82) is 0 Å². The fourth-order valence-corrected chi connectivity index (χ4v) is 2.23. The van der Waals surface area contributed by atoms with Crippen LogP contribution in [0, 0.1) is 5.82 Å². The average molecular weight is 222 g/mol. The fourth-order valence-electron chi connectivity index (χ4n) is 2.23. The number of nitrogens with one attached hydrogen (secondary N) is 1. The topological polar surface area (TPSA) is 15.3 Å². The van der Waals surface area contributed by atoms with E-state index >= 15 is 0 Å². The molecule has 88 valence electrons. The highest BCUT2D eigenvalue weighted by molar-refractivity contribution is 5.47. The first-order valence-electron chi connectivity index (χ1n) is 6.04. The third-order valence-electron chi connectivity index (χ3n) is 3.25. The number of rotatable bonds is 2. The van der Waals surface area contributed by atoms with Gasteiger partial charge in [-0.15, -0.1) is 0 Å². The Kier molecular flexibility index (Phi) is 3.78. The number of hydrogen-bond acceptors (Lipinski definition) is 2. The molecule has 1 unspecified atom stereocenters. The van der Waals surface area contributed by atoms with E-state index in [4.69, 9.17) is 0 Å². The monoisotopic (exact) mass is 222 g/mol. The molecule has 0 aliphatic carbocycles. The first kappa shape index (κ1) is 11.4. The number of anilines is 1. The summed E-state index contributed by atoms with van der Waals surface area (Å²) < 4.78 is 13.6. The van der Waals surface area contributed by atoms with Crippen LogP contribution in [0.15, 0.2) is 24.3 Å². The van der Waals surface area contributed by atoms with Crippen LogP contribution in [0.2, 0.25) is 0 Å². The van der Waals surface area contributed by atoms with Gasteiger partial charge in [-0.3, -0.25) is 0 Å². The van der Waals surface area contributed by atoms with E-state index in [-0.39, 0.29) is 5.82 Å². The fraction of sp³-hybridized carbons (Fsp3) is 0.538. The number of benzene rings is 1. The van der Waals surface area contributed by atoms with Crippen LogP contribution in [-0.2, 0) is 0 Å². The average Bonchev–Trinajstić information content (AvgIpc) is 2.55. The predicted octanol–water partition coefficient (Wildman–Crippen LogP) is 2.40. The molecule has 16 heavy (non-hydrogen) atoms. The van der Waals surface area contributed by atoms with Crippen molar-refractivity contribution in [2.45, 2.75) is 25.8 Å². The summed E-state index contributed by atoms with van der Waals surface area (Å²) in [6.45, 7) is 4.95. The van der Waals surface area contributed by atoms with E-state index in [0.717, 1.165) is 38.2 Å². The third kappa shape index (κ3) is 2.53. The van der Waals surface area contributed by atoms with Gasteiger partial charge in [0.1, 0.15) is 5.82 Å². The summed E-state index contributed by atoms with van der Waals surface area (Å²) in [5, 5.41) is 3.49. The number of hydrogen-bond donors (Lipinski definition) is 1. The van der Waals surface area contributed by atoms with Crippen LogP contribution in [0.3, 0.4) is 0 Å². The molecule has 1 aliphatic rings. The minimum Gasteiger partial charge on any atom is -0.368 e. The van der Waals surface area contributed by atoms with Gasteiger partial charge < -0.3 is 10.2 Å². The van der Waals surface area contributed by atoms with Crippen LogP contribution in [0.5, 0.6) is 0 Å². The molecule has 1 fully saturated rings. The Morgan fingerprint density at radius 2 is 2.19 bits per heavy atom. The van der Waals surface area contributed by atoms with E-state index in [1.54, 1.807) is 6.07 Å². The number of halogens is 1. The molecule has 1 saturated heterocycles. The minimum atomic E-state index is -0.113. The Morgan fingerprint density at radius 1 is 1.38 bits per heavy atom. The van der Waals surface area contributed by atoms with Gasteiger partial charge in [-0.2, -0.15) is 0 Å². The highest BCUT2D eigenvalue weighted by Gasteiger charge is 2.16. The Balaban J connectivity index is 2.08. The molecular weight excluding hydrogens is 203 g/mol. The molecule has 0 aromatic heterocycles. The summed E-state index contributed by atoms with van der Waals surface area (Å²) in [6.07, 6.45) is 2.23. The molecule has 1 atom stereocenters. The zero-order valence-corrected chi connectivity index (χ0v) is 9.75. The normalized spacial score (nSPS) is 21.9. The lowest BCUT2D eigenvalue weighted by Gasteiger charge is -2.22. The molecule has 3 heteroatoms. The first-order valence-corrected chi connectivity index (χ1v) is 6.04. The van der Waals surface area contributed by atoms with Crippen molar-refractivity contribution < 1.29 is 4.39 Å². The van der Waals surface area contributed by atoms with E-state index in [9.17, 15) is 4.39 Å². The van der Waals surface area contributed by atoms with Gasteiger partial charge in [0.15, 0.2) is 0 Å². The second-order valence-electron chi connectivity index (χ2n) is 4.29. The molecule has 1 aromatic carbocycles. The maximum Gasteiger partial charge on any atom is 0.146 e. The SMILES string of the molecule is CCC1CCN(c2ccccc2F)CCN1. The Bertz CT molecular complexity index is 340. The van der Waals surface area contributed by atoms with Crippen LogP contribution in [-0.4, -0.2) is 25.7 Å². The summed E-state index contributed by atoms with van der Waals surface area (Å²) in [4.78, 5) is 2.14. The molecule has 1 aliphatic heterocycles. The standard InChI is InChI=1S/C13H19FN2/c1-2-11-7-9-16(10-8-15-11)13-6-4-3-5-12(13)14/h3-6,11,15H,2,7-10H2,1H3. The quantitative estimate of drug-likeness (QED) is 0.826. The van der Waals surface area contributed by atoms with Gasteiger partial charge in [0, 0.05) is 25.7 Å². The van der Waals surface area contributed by atoms with E-state index in [0.29, 0.717) is 6.04 Å². The molecule has 1 heterocycles. The van der Waals surface area contributed by atoms with Crippen molar-refractivity contribution in [3.05, 3.63) is 30.1 Å². The minimum absolute atomic E-state index is 0.113. The molecule has 2 rings (SSSR count). The van der Waals surface area contributed by atoms with Crippen molar-refractivity contribution in [2.24, 2.45) is 0 Å². The van der Waals surface area contributed by atoms with Crippen LogP contribution in [0.25, 0.3) is 0 Å². The second-order valence-corrected chi connectivity index (χ2v) is 4.29. The van der Waals surface area contributed by atoms with Crippen molar-refractivity contribution in [1.82, 2.24) is 5.32 Å². The molecular formula is C13H19FN2. The van der Waals surface area contributed by atoms with Gasteiger partial charge >= 0.3 is 0 Å². The van der Waals surface area contributed by atoms with Crippen LogP contribution < -0.4 is 10.2 Å². The highest BCUT2D eigenvalue weighted by atomic mass is 19.1. The van der Waals surface area contributed by atoms with Gasteiger partial charge in [-0.1, -0.05) is 19.1 Å². The lowest BCUT2D eigenvalue weighted by Crippen LogP contribution is -2.30. The first-order chi connectivity index (χ1) is 7.81. The lowest BCUT2D eigenvalue weighted by molar-refractivity contribution is 0.509. The van der Waals surface area contributed by atoms with Crippen molar-refractivity contribution in [3.8, 4) is 0 Å². The van der Waals surface area contributed by atoms with Crippen molar-refractivity contribution >= 4 is 5.69 Å². The molecule has 0 radical (unpaired) electrons. The summed E-state index contributed by atoms with van der Waals surface area (Å²) in [5.41, 5.74) is 0.737. The summed E-state index contributed by atoms with van der Waals surface area (Å²) >= 11 is 0. The highest BCUT2D eigenvalue weighted by Crippen LogP contribution is 2.20. The Hall–Kier alpha value is -1.09. The Morgan fingerprint density at radius 3 is 2.94 bits per heavy atom. The van der Waals surface area contributed by atoms with Crippen molar-refractivity contribution in [2.75, 3.05) is 24.5 Å². The molecule has 0 bridgehead atoms. The van der Waals surface area contributed by atoms with Gasteiger partial charge in [0.05, 0.1) is 5.69 Å². The van der Waals surface area contributed by atoms with Crippen LogP contribution in [0.1, 0.15) is 19.8 Å². The van der Waals surface area contributed by atoms with Gasteiger partial charge in [0.2, 0.25) is 0 Å². The smallest absolute Gasteiger partial charge is 0.146 e. The predicted molar refractivity (Wildman–Crippen MR) is 65.3 cm³/mol. The van der Waals surface area contributed by atoms with Crippen LogP contribution in [0.4, 0.5) is 10.1 Å². The van der Waals surface area contributed by atoms with E-state index < -0.39 is 0 Å². The molecule has 0 amide bonds. The lowest BCUT2D eigenvalue weighted by atomic mass is 10.1. The zero-order chi connectivity index (χ0) is 11.4. The van der Waals surface area contributed by atoms with Crippen LogP contribution >= 0.6 is 0 Å². The third-order valence-corrected chi connectivity index (χ3v) is 3.25. The molecule has 0 spiro atoms. The maximum atomic E-state index is 13.6.